The first-order chi connectivity index (χ1) is 13.7. The molecule has 5 nitrogen and oxygen atoms in total. The predicted octanol–water partition coefficient (Wildman–Crippen LogP) is 2.69. The van der Waals surface area contributed by atoms with Gasteiger partial charge in [-0.15, -0.1) is 0 Å². The van der Waals surface area contributed by atoms with Crippen LogP contribution in [0.3, 0.4) is 0 Å². The van der Waals surface area contributed by atoms with Crippen LogP contribution in [0.1, 0.15) is 17.5 Å². The summed E-state index contributed by atoms with van der Waals surface area (Å²) >= 11 is 0. The number of carbonyl (C=O) groups excluding carboxylic acids is 1. The van der Waals surface area contributed by atoms with Crippen LogP contribution in [-0.2, 0) is 22.4 Å². The van der Waals surface area contributed by atoms with Crippen LogP contribution in [0.15, 0.2) is 54.6 Å². The van der Waals surface area contributed by atoms with Crippen LogP contribution in [0.25, 0.3) is 0 Å². The second kappa shape index (κ2) is 10.8. The molecule has 2 aromatic carbocycles. The molecular formula is C23H30N2O3. The molecule has 1 heterocycles. The van der Waals surface area contributed by atoms with Crippen LogP contribution < -0.4 is 10.1 Å². The van der Waals surface area contributed by atoms with E-state index in [9.17, 15) is 4.79 Å². The fraction of sp³-hybridized carbons (Fsp3) is 0.435. The summed E-state index contributed by atoms with van der Waals surface area (Å²) in [6.45, 7) is 4.00. The number of nitrogens with zero attached hydrogens (tertiary/aromatic N) is 1. The monoisotopic (exact) mass is 382 g/mol. The first-order valence-electron chi connectivity index (χ1n) is 10.00. The highest BCUT2D eigenvalue weighted by atomic mass is 16.5. The minimum Gasteiger partial charge on any atom is -0.497 e. The molecule has 0 bridgehead atoms. The Kier molecular flexibility index (Phi) is 7.88. The molecule has 0 saturated carbocycles. The number of carbonyl (C=O) groups is 1. The Bertz CT molecular complexity index is 730. The molecular weight excluding hydrogens is 352 g/mol. The minimum atomic E-state index is 0.0918. The summed E-state index contributed by atoms with van der Waals surface area (Å²) in [5, 5.41) is 3.15. The summed E-state index contributed by atoms with van der Waals surface area (Å²) < 4.78 is 10.7. The zero-order valence-electron chi connectivity index (χ0n) is 16.6. The average molecular weight is 383 g/mol. The van der Waals surface area contributed by atoms with Crippen molar-refractivity contribution < 1.29 is 14.3 Å². The predicted molar refractivity (Wildman–Crippen MR) is 111 cm³/mol. The Morgan fingerprint density at radius 3 is 2.61 bits per heavy atom. The second-order valence-corrected chi connectivity index (χ2v) is 7.15. The maximum atomic E-state index is 12.4. The van der Waals surface area contributed by atoms with Crippen molar-refractivity contribution in [1.82, 2.24) is 10.2 Å². The molecule has 28 heavy (non-hydrogen) atoms. The van der Waals surface area contributed by atoms with Gasteiger partial charge in [0.2, 0.25) is 5.91 Å². The van der Waals surface area contributed by atoms with E-state index in [1.54, 1.807) is 7.11 Å². The highest BCUT2D eigenvalue weighted by Gasteiger charge is 2.21. The lowest BCUT2D eigenvalue weighted by atomic mass is 10.0. The van der Waals surface area contributed by atoms with Crippen molar-refractivity contribution in [3.63, 3.8) is 0 Å². The maximum Gasteiger partial charge on any atom is 0.220 e. The number of ether oxygens (including phenoxy) is 2. The van der Waals surface area contributed by atoms with E-state index in [0.717, 1.165) is 44.0 Å². The van der Waals surface area contributed by atoms with E-state index in [2.05, 4.69) is 34.5 Å². The summed E-state index contributed by atoms with van der Waals surface area (Å²) in [5.41, 5.74) is 2.41. The number of amides is 1. The third-order valence-electron chi connectivity index (χ3n) is 5.19. The second-order valence-electron chi connectivity index (χ2n) is 7.15. The van der Waals surface area contributed by atoms with Crippen molar-refractivity contribution in [1.29, 1.82) is 0 Å². The van der Waals surface area contributed by atoms with Crippen molar-refractivity contribution in [2.24, 2.45) is 0 Å². The Morgan fingerprint density at radius 2 is 1.86 bits per heavy atom. The molecule has 2 aromatic rings. The van der Waals surface area contributed by atoms with E-state index in [1.807, 2.05) is 30.3 Å². The number of rotatable bonds is 9. The molecule has 1 saturated heterocycles. The standard InChI is InChI=1S/C23H30N2O3/c1-27-22-9-5-8-20(17-22)10-11-23(26)24-18-21(25-12-14-28-15-13-25)16-19-6-3-2-4-7-19/h2-9,17,21H,10-16,18H2,1H3,(H,24,26). The molecule has 0 spiro atoms. The highest BCUT2D eigenvalue weighted by molar-refractivity contribution is 5.76. The first kappa shape index (κ1) is 20.4. The van der Waals surface area contributed by atoms with Gasteiger partial charge >= 0.3 is 0 Å². The molecule has 0 radical (unpaired) electrons. The largest absolute Gasteiger partial charge is 0.497 e. The lowest BCUT2D eigenvalue weighted by Crippen LogP contribution is -2.49. The van der Waals surface area contributed by atoms with Crippen LogP contribution in [0, 0.1) is 0 Å². The van der Waals surface area contributed by atoms with Gasteiger partial charge in [-0.3, -0.25) is 9.69 Å². The van der Waals surface area contributed by atoms with Crippen molar-refractivity contribution in [3.05, 3.63) is 65.7 Å². The van der Waals surface area contributed by atoms with E-state index >= 15 is 0 Å². The topological polar surface area (TPSA) is 50.8 Å². The normalized spacial score (nSPS) is 15.8. The van der Waals surface area contributed by atoms with Gasteiger partial charge < -0.3 is 14.8 Å². The van der Waals surface area contributed by atoms with E-state index in [-0.39, 0.29) is 11.9 Å². The molecule has 1 N–H and O–H groups in total. The Balaban J connectivity index is 1.52. The van der Waals surface area contributed by atoms with Gasteiger partial charge in [-0.25, -0.2) is 0 Å². The summed E-state index contributed by atoms with van der Waals surface area (Å²) in [4.78, 5) is 14.9. The van der Waals surface area contributed by atoms with Gasteiger partial charge in [-0.05, 0) is 36.1 Å². The molecule has 1 aliphatic rings. The van der Waals surface area contributed by atoms with Gasteiger partial charge in [0.1, 0.15) is 5.75 Å². The number of methoxy groups -OCH3 is 1. The van der Waals surface area contributed by atoms with Crippen LogP contribution in [0.4, 0.5) is 0 Å². The Morgan fingerprint density at radius 1 is 1.11 bits per heavy atom. The summed E-state index contributed by atoms with van der Waals surface area (Å²) in [6, 6.07) is 18.6. The van der Waals surface area contributed by atoms with Gasteiger partial charge in [0.05, 0.1) is 20.3 Å². The van der Waals surface area contributed by atoms with Crippen LogP contribution in [-0.4, -0.2) is 56.8 Å². The lowest BCUT2D eigenvalue weighted by molar-refractivity contribution is -0.121. The fourth-order valence-electron chi connectivity index (χ4n) is 3.57. The Labute approximate surface area is 167 Å². The first-order valence-corrected chi connectivity index (χ1v) is 10.00. The van der Waals surface area contributed by atoms with Crippen LogP contribution in [0.2, 0.25) is 0 Å². The van der Waals surface area contributed by atoms with Crippen LogP contribution >= 0.6 is 0 Å². The third-order valence-corrected chi connectivity index (χ3v) is 5.19. The Hall–Kier alpha value is -2.37. The molecule has 1 amide bonds. The summed E-state index contributed by atoms with van der Waals surface area (Å²) in [5.74, 6) is 0.919. The number of nitrogens with one attached hydrogen (secondary N) is 1. The highest BCUT2D eigenvalue weighted by Crippen LogP contribution is 2.14. The molecule has 150 valence electrons. The molecule has 5 heteroatoms. The molecule has 1 unspecified atom stereocenters. The van der Waals surface area contributed by atoms with Crippen LogP contribution in [0.5, 0.6) is 5.75 Å². The molecule has 0 aliphatic carbocycles. The number of hydrogen-bond acceptors (Lipinski definition) is 4. The van der Waals surface area contributed by atoms with E-state index in [1.165, 1.54) is 5.56 Å². The van der Waals surface area contributed by atoms with Gasteiger partial charge in [-0.1, -0.05) is 42.5 Å². The smallest absolute Gasteiger partial charge is 0.220 e. The van der Waals surface area contributed by atoms with Crippen molar-refractivity contribution in [2.75, 3.05) is 40.0 Å². The van der Waals surface area contributed by atoms with Gasteiger partial charge in [0.15, 0.2) is 0 Å². The van der Waals surface area contributed by atoms with Gasteiger partial charge in [0.25, 0.3) is 0 Å². The third kappa shape index (κ3) is 6.36. The van der Waals surface area contributed by atoms with Crippen molar-refractivity contribution in [2.45, 2.75) is 25.3 Å². The number of morpholine rings is 1. The average Bonchev–Trinajstić information content (AvgIpc) is 2.76. The molecule has 0 aromatic heterocycles. The molecule has 1 fully saturated rings. The fourth-order valence-corrected chi connectivity index (χ4v) is 3.57. The zero-order valence-corrected chi connectivity index (χ0v) is 16.6. The number of hydrogen-bond donors (Lipinski definition) is 1. The number of aryl methyl sites for hydroxylation is 1. The lowest BCUT2D eigenvalue weighted by Gasteiger charge is -2.34. The van der Waals surface area contributed by atoms with Gasteiger partial charge in [-0.2, -0.15) is 0 Å². The SMILES string of the molecule is COc1cccc(CCC(=O)NCC(Cc2ccccc2)N2CCOCC2)c1. The summed E-state index contributed by atoms with van der Waals surface area (Å²) in [7, 11) is 1.66. The summed E-state index contributed by atoms with van der Waals surface area (Å²) in [6.07, 6.45) is 2.12. The van der Waals surface area contributed by atoms with E-state index < -0.39 is 0 Å². The zero-order chi connectivity index (χ0) is 19.6. The van der Waals surface area contributed by atoms with Gasteiger partial charge in [0, 0.05) is 32.1 Å². The van der Waals surface area contributed by atoms with Crippen molar-refractivity contribution in [3.8, 4) is 5.75 Å². The molecule has 3 rings (SSSR count). The minimum absolute atomic E-state index is 0.0918. The molecule has 1 aliphatic heterocycles. The van der Waals surface area contributed by atoms with Crippen molar-refractivity contribution >= 4 is 5.91 Å². The van der Waals surface area contributed by atoms with E-state index in [4.69, 9.17) is 9.47 Å². The molecule has 1 atom stereocenters. The maximum absolute atomic E-state index is 12.4. The van der Waals surface area contributed by atoms with E-state index in [0.29, 0.717) is 19.4 Å². The quantitative estimate of drug-likeness (QED) is 0.725. The number of benzene rings is 2.